The summed E-state index contributed by atoms with van der Waals surface area (Å²) < 4.78 is 13.2. The second-order valence-corrected chi connectivity index (χ2v) is 4.41. The van der Waals surface area contributed by atoms with Gasteiger partial charge in [-0.15, -0.1) is 11.8 Å². The van der Waals surface area contributed by atoms with Crippen molar-refractivity contribution >= 4 is 17.5 Å². The average Bonchev–Trinajstić information content (AvgIpc) is 2.12. The minimum atomic E-state index is -0.259. The third-order valence-electron chi connectivity index (χ3n) is 2.23. The first kappa shape index (κ1) is 8.75. The Bertz CT molecular complexity index is 362. The summed E-state index contributed by atoms with van der Waals surface area (Å²) in [4.78, 5) is 11.6. The van der Waals surface area contributed by atoms with Gasteiger partial charge in [0.2, 0.25) is 0 Å². The Morgan fingerprint density at radius 2 is 2.31 bits per heavy atom. The van der Waals surface area contributed by atoms with E-state index >= 15 is 0 Å². The molecule has 1 aliphatic rings. The molecule has 68 valence electrons. The SMILES string of the molecule is CC1SCc2c(F)cccc2C1=O. The predicted octanol–water partition coefficient (Wildman–Crippen LogP) is 2.64. The maximum Gasteiger partial charge on any atom is 0.175 e. The van der Waals surface area contributed by atoms with Crippen LogP contribution in [0.5, 0.6) is 0 Å². The molecule has 0 amide bonds. The second kappa shape index (κ2) is 3.14. The molecule has 2 rings (SSSR count). The topological polar surface area (TPSA) is 17.1 Å². The largest absolute Gasteiger partial charge is 0.293 e. The average molecular weight is 196 g/mol. The van der Waals surface area contributed by atoms with Crippen molar-refractivity contribution in [2.24, 2.45) is 0 Å². The highest BCUT2D eigenvalue weighted by atomic mass is 32.2. The lowest BCUT2D eigenvalue weighted by atomic mass is 10.0. The Labute approximate surface area is 80.3 Å². The van der Waals surface area contributed by atoms with E-state index in [9.17, 15) is 9.18 Å². The molecule has 0 aromatic heterocycles. The highest BCUT2D eigenvalue weighted by Gasteiger charge is 2.25. The number of carbonyl (C=O) groups is 1. The normalized spacial score (nSPS) is 21.4. The summed E-state index contributed by atoms with van der Waals surface area (Å²) in [6.07, 6.45) is 0. The number of hydrogen-bond acceptors (Lipinski definition) is 2. The number of thioether (sulfide) groups is 1. The molecule has 1 aliphatic heterocycles. The summed E-state index contributed by atoms with van der Waals surface area (Å²) in [7, 11) is 0. The number of halogens is 1. The molecule has 0 aliphatic carbocycles. The summed E-state index contributed by atoms with van der Waals surface area (Å²) in [5.74, 6) is 0.394. The Hall–Kier alpha value is -0.830. The monoisotopic (exact) mass is 196 g/mol. The van der Waals surface area contributed by atoms with Gasteiger partial charge in [0.1, 0.15) is 5.82 Å². The molecule has 1 unspecified atom stereocenters. The van der Waals surface area contributed by atoms with Crippen LogP contribution in [-0.4, -0.2) is 11.0 Å². The number of benzene rings is 1. The molecule has 1 heterocycles. The molecule has 1 aromatic rings. The van der Waals surface area contributed by atoms with Gasteiger partial charge in [-0.3, -0.25) is 4.79 Å². The fourth-order valence-corrected chi connectivity index (χ4v) is 2.43. The van der Waals surface area contributed by atoms with Gasteiger partial charge in [0, 0.05) is 16.9 Å². The summed E-state index contributed by atoms with van der Waals surface area (Å²) in [6.45, 7) is 1.86. The highest BCUT2D eigenvalue weighted by Crippen LogP contribution is 2.31. The molecule has 0 saturated carbocycles. The Balaban J connectivity index is 2.55. The summed E-state index contributed by atoms with van der Waals surface area (Å²) in [6, 6.07) is 4.70. The maximum absolute atomic E-state index is 13.2. The first-order valence-electron chi connectivity index (χ1n) is 4.13. The van der Waals surface area contributed by atoms with E-state index in [4.69, 9.17) is 0 Å². The number of fused-ring (bicyclic) bond motifs is 1. The quantitative estimate of drug-likeness (QED) is 0.634. The maximum atomic E-state index is 13.2. The summed E-state index contributed by atoms with van der Waals surface area (Å²) >= 11 is 1.49. The minimum Gasteiger partial charge on any atom is -0.293 e. The van der Waals surface area contributed by atoms with Gasteiger partial charge in [0.15, 0.2) is 5.78 Å². The van der Waals surface area contributed by atoms with Crippen LogP contribution in [0.3, 0.4) is 0 Å². The molecule has 0 spiro atoms. The van der Waals surface area contributed by atoms with Gasteiger partial charge in [-0.1, -0.05) is 12.1 Å². The first-order valence-corrected chi connectivity index (χ1v) is 5.18. The number of rotatable bonds is 0. The molecule has 0 saturated heterocycles. The zero-order chi connectivity index (χ0) is 9.42. The fraction of sp³-hybridized carbons (Fsp3) is 0.300. The van der Waals surface area contributed by atoms with E-state index in [2.05, 4.69) is 0 Å². The van der Waals surface area contributed by atoms with Crippen LogP contribution >= 0.6 is 11.8 Å². The number of hydrogen-bond donors (Lipinski definition) is 0. The van der Waals surface area contributed by atoms with Crippen molar-refractivity contribution in [3.63, 3.8) is 0 Å². The molecular formula is C10H9FOS. The van der Waals surface area contributed by atoms with Crippen LogP contribution in [0.1, 0.15) is 22.8 Å². The van der Waals surface area contributed by atoms with Crippen molar-refractivity contribution in [2.45, 2.75) is 17.9 Å². The van der Waals surface area contributed by atoms with Gasteiger partial charge >= 0.3 is 0 Å². The van der Waals surface area contributed by atoms with Gasteiger partial charge in [0.05, 0.1) is 5.25 Å². The number of ketones is 1. The molecular weight excluding hydrogens is 187 g/mol. The summed E-state index contributed by atoms with van der Waals surface area (Å²) in [5.41, 5.74) is 1.13. The lowest BCUT2D eigenvalue weighted by Crippen LogP contribution is -2.21. The second-order valence-electron chi connectivity index (χ2n) is 3.08. The van der Waals surface area contributed by atoms with Gasteiger partial charge in [-0.05, 0) is 13.0 Å². The molecule has 0 bridgehead atoms. The van der Waals surface area contributed by atoms with Crippen LogP contribution in [0.25, 0.3) is 0 Å². The molecule has 1 aromatic carbocycles. The van der Waals surface area contributed by atoms with E-state index in [1.807, 2.05) is 6.92 Å². The van der Waals surface area contributed by atoms with Gasteiger partial charge in [0.25, 0.3) is 0 Å². The molecule has 0 fully saturated rings. The van der Waals surface area contributed by atoms with E-state index < -0.39 is 0 Å². The van der Waals surface area contributed by atoms with Crippen molar-refractivity contribution in [1.29, 1.82) is 0 Å². The molecule has 1 nitrogen and oxygen atoms in total. The highest BCUT2D eigenvalue weighted by molar-refractivity contribution is 8.00. The standard InChI is InChI=1S/C10H9FOS/c1-6-10(12)7-3-2-4-9(11)8(7)5-13-6/h2-4,6H,5H2,1H3. The van der Waals surface area contributed by atoms with Gasteiger partial charge in [-0.25, -0.2) is 4.39 Å². The van der Waals surface area contributed by atoms with Crippen molar-refractivity contribution in [2.75, 3.05) is 0 Å². The van der Waals surface area contributed by atoms with Crippen molar-refractivity contribution in [3.05, 3.63) is 35.1 Å². The predicted molar refractivity (Wildman–Crippen MR) is 51.5 cm³/mol. The fourth-order valence-electron chi connectivity index (χ4n) is 1.44. The van der Waals surface area contributed by atoms with Crippen LogP contribution in [-0.2, 0) is 5.75 Å². The van der Waals surface area contributed by atoms with E-state index in [0.717, 1.165) is 0 Å². The van der Waals surface area contributed by atoms with E-state index in [-0.39, 0.29) is 16.9 Å². The van der Waals surface area contributed by atoms with Crippen LogP contribution in [0.15, 0.2) is 18.2 Å². The van der Waals surface area contributed by atoms with Gasteiger partial charge in [-0.2, -0.15) is 0 Å². The third-order valence-corrected chi connectivity index (χ3v) is 3.40. The van der Waals surface area contributed by atoms with Gasteiger partial charge < -0.3 is 0 Å². The van der Waals surface area contributed by atoms with Crippen molar-refractivity contribution in [1.82, 2.24) is 0 Å². The Kier molecular flexibility index (Phi) is 2.12. The smallest absolute Gasteiger partial charge is 0.175 e. The lowest BCUT2D eigenvalue weighted by molar-refractivity contribution is 0.0991. The first-order chi connectivity index (χ1) is 6.20. The van der Waals surface area contributed by atoms with Crippen molar-refractivity contribution < 1.29 is 9.18 Å². The van der Waals surface area contributed by atoms with E-state index in [1.54, 1.807) is 12.1 Å². The van der Waals surface area contributed by atoms with Crippen LogP contribution in [0.2, 0.25) is 0 Å². The third kappa shape index (κ3) is 1.37. The Morgan fingerprint density at radius 1 is 1.54 bits per heavy atom. The minimum absolute atomic E-state index is 0.0331. The molecule has 0 N–H and O–H groups in total. The van der Waals surface area contributed by atoms with Crippen LogP contribution in [0, 0.1) is 5.82 Å². The van der Waals surface area contributed by atoms with Crippen molar-refractivity contribution in [3.8, 4) is 0 Å². The van der Waals surface area contributed by atoms with E-state index in [1.165, 1.54) is 17.8 Å². The molecule has 13 heavy (non-hydrogen) atoms. The molecule has 3 heteroatoms. The molecule has 0 radical (unpaired) electrons. The lowest BCUT2D eigenvalue weighted by Gasteiger charge is -2.19. The van der Waals surface area contributed by atoms with Crippen LogP contribution in [0.4, 0.5) is 4.39 Å². The zero-order valence-corrected chi connectivity index (χ0v) is 8.03. The molecule has 1 atom stereocenters. The Morgan fingerprint density at radius 3 is 3.08 bits per heavy atom. The van der Waals surface area contributed by atoms with E-state index in [0.29, 0.717) is 16.9 Å². The number of carbonyl (C=O) groups excluding carboxylic acids is 1. The zero-order valence-electron chi connectivity index (χ0n) is 7.21. The van der Waals surface area contributed by atoms with Crippen LogP contribution < -0.4 is 0 Å². The number of Topliss-reactive ketones (excluding diaryl/α,β-unsaturated/α-hetero) is 1. The summed E-state index contributed by atoms with van der Waals surface area (Å²) in [5, 5.41) is -0.0331.